The zero-order chi connectivity index (χ0) is 28.6. The molecule has 206 valence electrons. The lowest BCUT2D eigenvalue weighted by Crippen LogP contribution is -2.10. The Kier molecular flexibility index (Phi) is 5.66. The highest BCUT2D eigenvalue weighted by Gasteiger charge is 2.26. The van der Waals surface area contributed by atoms with Gasteiger partial charge >= 0.3 is 0 Å². The van der Waals surface area contributed by atoms with Gasteiger partial charge in [-0.2, -0.15) is 0 Å². The second-order valence-electron chi connectivity index (χ2n) is 12.7. The maximum atomic E-state index is 6.74. The Labute approximate surface area is 239 Å². The van der Waals surface area contributed by atoms with Crippen molar-refractivity contribution in [3.05, 3.63) is 89.8 Å². The van der Waals surface area contributed by atoms with Crippen LogP contribution in [-0.2, 0) is 5.41 Å². The number of benzene rings is 4. The van der Waals surface area contributed by atoms with Crippen molar-refractivity contribution in [1.82, 2.24) is 14.5 Å². The van der Waals surface area contributed by atoms with Gasteiger partial charge in [0.05, 0.1) is 22.3 Å². The standard InChI is InChI=1S/C36H35N3O2/c1-20(2)22-12-10-13-23(21(3)4)31(22)39-28-17-9-8-16-27(28)37-34(39)26-15-11-14-24-25-18-19-29-30(33(25)41-32(24)26)38-35(40-29)36(5,6)7/h8-21H,1-7H3. The Bertz CT molecular complexity index is 2070. The molecule has 0 bridgehead atoms. The van der Waals surface area contributed by atoms with Crippen molar-refractivity contribution in [2.24, 2.45) is 0 Å². The summed E-state index contributed by atoms with van der Waals surface area (Å²) in [5, 5.41) is 2.07. The number of rotatable bonds is 4. The van der Waals surface area contributed by atoms with Gasteiger partial charge in [0.1, 0.15) is 11.4 Å². The molecule has 5 nitrogen and oxygen atoms in total. The number of imidazole rings is 1. The van der Waals surface area contributed by atoms with Crippen molar-refractivity contribution >= 4 is 44.1 Å². The van der Waals surface area contributed by atoms with Crippen LogP contribution in [0, 0.1) is 0 Å². The molecule has 0 N–H and O–H groups in total. The second-order valence-corrected chi connectivity index (χ2v) is 12.7. The van der Waals surface area contributed by atoms with Crippen molar-refractivity contribution in [2.45, 2.75) is 65.7 Å². The first-order valence-electron chi connectivity index (χ1n) is 14.5. The molecule has 0 aliphatic rings. The number of furan rings is 1. The summed E-state index contributed by atoms with van der Waals surface area (Å²) in [4.78, 5) is 10.1. The average Bonchev–Trinajstić information content (AvgIpc) is 3.65. The lowest BCUT2D eigenvalue weighted by molar-refractivity contribution is 0.411. The van der Waals surface area contributed by atoms with Crippen LogP contribution < -0.4 is 0 Å². The second kappa shape index (κ2) is 9.07. The minimum Gasteiger partial charge on any atom is -0.453 e. The molecule has 0 fully saturated rings. The largest absolute Gasteiger partial charge is 0.453 e. The monoisotopic (exact) mass is 541 g/mol. The molecule has 5 heteroatoms. The first kappa shape index (κ1) is 25.6. The fourth-order valence-electron chi connectivity index (χ4n) is 5.95. The zero-order valence-electron chi connectivity index (χ0n) is 24.7. The molecule has 0 aliphatic heterocycles. The molecule has 7 rings (SSSR count). The topological polar surface area (TPSA) is 57.0 Å². The molecule has 0 atom stereocenters. The summed E-state index contributed by atoms with van der Waals surface area (Å²) in [5.41, 5.74) is 9.66. The van der Waals surface area contributed by atoms with Gasteiger partial charge in [0.2, 0.25) is 5.89 Å². The maximum absolute atomic E-state index is 6.74. The zero-order valence-corrected chi connectivity index (χ0v) is 24.7. The summed E-state index contributed by atoms with van der Waals surface area (Å²) in [5.74, 6) is 2.26. The van der Waals surface area contributed by atoms with E-state index in [0.717, 1.165) is 55.5 Å². The Morgan fingerprint density at radius 1 is 0.683 bits per heavy atom. The van der Waals surface area contributed by atoms with E-state index in [1.54, 1.807) is 0 Å². The maximum Gasteiger partial charge on any atom is 0.200 e. The van der Waals surface area contributed by atoms with E-state index in [2.05, 4.69) is 120 Å². The summed E-state index contributed by atoms with van der Waals surface area (Å²) in [7, 11) is 0. The third kappa shape index (κ3) is 3.90. The molecule has 0 saturated carbocycles. The van der Waals surface area contributed by atoms with Gasteiger partial charge in [0.15, 0.2) is 16.7 Å². The van der Waals surface area contributed by atoms with Crippen LogP contribution in [0.5, 0.6) is 0 Å². The van der Waals surface area contributed by atoms with Crippen LogP contribution in [-0.4, -0.2) is 14.5 Å². The molecule has 0 radical (unpaired) electrons. The van der Waals surface area contributed by atoms with E-state index in [1.165, 1.54) is 16.8 Å². The Morgan fingerprint density at radius 2 is 1.37 bits per heavy atom. The summed E-state index contributed by atoms with van der Waals surface area (Å²) >= 11 is 0. The van der Waals surface area contributed by atoms with E-state index in [4.69, 9.17) is 18.8 Å². The number of hydrogen-bond donors (Lipinski definition) is 0. The average molecular weight is 542 g/mol. The lowest BCUT2D eigenvalue weighted by atomic mass is 9.92. The van der Waals surface area contributed by atoms with Gasteiger partial charge in [-0.25, -0.2) is 9.97 Å². The highest BCUT2D eigenvalue weighted by molar-refractivity contribution is 6.15. The van der Waals surface area contributed by atoms with Crippen molar-refractivity contribution < 1.29 is 8.83 Å². The van der Waals surface area contributed by atoms with E-state index in [0.29, 0.717) is 17.7 Å². The Balaban J connectivity index is 1.58. The first-order valence-corrected chi connectivity index (χ1v) is 14.5. The third-order valence-electron chi connectivity index (χ3n) is 8.03. The lowest BCUT2D eigenvalue weighted by Gasteiger charge is -2.22. The van der Waals surface area contributed by atoms with Crippen LogP contribution in [0.3, 0.4) is 0 Å². The highest BCUT2D eigenvalue weighted by atomic mass is 16.4. The first-order chi connectivity index (χ1) is 19.6. The van der Waals surface area contributed by atoms with Gasteiger partial charge in [-0.3, -0.25) is 4.57 Å². The molecule has 4 aromatic carbocycles. The molecule has 0 amide bonds. The van der Waals surface area contributed by atoms with Gasteiger partial charge in [0.25, 0.3) is 0 Å². The summed E-state index contributed by atoms with van der Waals surface area (Å²) < 4.78 is 15.2. The molecule has 3 aromatic heterocycles. The van der Waals surface area contributed by atoms with Crippen LogP contribution >= 0.6 is 0 Å². The molecular weight excluding hydrogens is 506 g/mol. The van der Waals surface area contributed by atoms with E-state index < -0.39 is 0 Å². The predicted molar refractivity (Wildman–Crippen MR) is 168 cm³/mol. The van der Waals surface area contributed by atoms with Crippen molar-refractivity contribution in [3.8, 4) is 17.1 Å². The molecular formula is C36H35N3O2. The van der Waals surface area contributed by atoms with E-state index in [9.17, 15) is 0 Å². The quantitative estimate of drug-likeness (QED) is 0.222. The number of oxazole rings is 1. The SMILES string of the molecule is CC(C)c1cccc(C(C)C)c1-n1c(-c2cccc3c2oc2c3ccc3oc(C(C)(C)C)nc32)nc2ccccc21. The Hall–Kier alpha value is -4.38. The van der Waals surface area contributed by atoms with E-state index >= 15 is 0 Å². The van der Waals surface area contributed by atoms with Crippen LogP contribution in [0.25, 0.3) is 61.1 Å². The van der Waals surface area contributed by atoms with Crippen molar-refractivity contribution in [3.63, 3.8) is 0 Å². The van der Waals surface area contributed by atoms with Crippen LogP contribution in [0.1, 0.15) is 77.3 Å². The minimum absolute atomic E-state index is 0.203. The number of para-hydroxylation sites is 4. The van der Waals surface area contributed by atoms with Gasteiger partial charge in [0, 0.05) is 16.2 Å². The minimum atomic E-state index is -0.203. The van der Waals surface area contributed by atoms with Crippen molar-refractivity contribution in [1.29, 1.82) is 0 Å². The van der Waals surface area contributed by atoms with E-state index in [-0.39, 0.29) is 5.41 Å². The molecule has 0 unspecified atom stereocenters. The molecule has 0 aliphatic carbocycles. The van der Waals surface area contributed by atoms with E-state index in [1.807, 2.05) is 6.07 Å². The van der Waals surface area contributed by atoms with Crippen LogP contribution in [0.15, 0.2) is 81.6 Å². The Morgan fingerprint density at radius 3 is 2.07 bits per heavy atom. The number of fused-ring (bicyclic) bond motifs is 6. The number of aromatic nitrogens is 3. The highest BCUT2D eigenvalue weighted by Crippen LogP contribution is 2.42. The van der Waals surface area contributed by atoms with Crippen LogP contribution in [0.2, 0.25) is 0 Å². The normalized spacial score (nSPS) is 12.7. The smallest absolute Gasteiger partial charge is 0.200 e. The molecule has 0 spiro atoms. The van der Waals surface area contributed by atoms with Crippen LogP contribution in [0.4, 0.5) is 0 Å². The molecule has 7 aromatic rings. The predicted octanol–water partition coefficient (Wildman–Crippen LogP) is 10.3. The summed E-state index contributed by atoms with van der Waals surface area (Å²) in [6.07, 6.45) is 0. The van der Waals surface area contributed by atoms with Gasteiger partial charge in [-0.1, -0.05) is 90.9 Å². The number of nitrogens with zero attached hydrogens (tertiary/aromatic N) is 3. The third-order valence-corrected chi connectivity index (χ3v) is 8.03. The molecule has 0 saturated heterocycles. The number of hydrogen-bond acceptors (Lipinski definition) is 4. The fourth-order valence-corrected chi connectivity index (χ4v) is 5.95. The van der Waals surface area contributed by atoms with Gasteiger partial charge in [-0.05, 0) is 53.3 Å². The summed E-state index contributed by atoms with van der Waals surface area (Å²) in [6, 6.07) is 25.5. The van der Waals surface area contributed by atoms with Crippen molar-refractivity contribution in [2.75, 3.05) is 0 Å². The molecule has 3 heterocycles. The summed E-state index contributed by atoms with van der Waals surface area (Å²) in [6.45, 7) is 15.4. The molecule has 41 heavy (non-hydrogen) atoms. The van der Waals surface area contributed by atoms with Gasteiger partial charge < -0.3 is 8.83 Å². The van der Waals surface area contributed by atoms with Gasteiger partial charge in [-0.15, -0.1) is 0 Å². The fraction of sp³-hybridized carbons (Fsp3) is 0.278.